The highest BCUT2D eigenvalue weighted by Gasteiger charge is 2.25. The quantitative estimate of drug-likeness (QED) is 0.782. The largest absolute Gasteiger partial charge is 0.301 e. The van der Waals surface area contributed by atoms with Crippen molar-refractivity contribution in [2.24, 2.45) is 0 Å². The summed E-state index contributed by atoms with van der Waals surface area (Å²) in [4.78, 5) is 2.11. The third-order valence-corrected chi connectivity index (χ3v) is 3.65. The Kier molecular flexibility index (Phi) is 2.64. The minimum Gasteiger partial charge on any atom is -0.301 e. The second-order valence-corrected chi connectivity index (χ2v) is 5.10. The van der Waals surface area contributed by atoms with Gasteiger partial charge in [0, 0.05) is 11.3 Å². The second kappa shape index (κ2) is 4.63. The van der Waals surface area contributed by atoms with Crippen molar-refractivity contribution in [1.82, 2.24) is 14.9 Å². The van der Waals surface area contributed by atoms with Gasteiger partial charge < -0.3 is 5.43 Å². The van der Waals surface area contributed by atoms with Gasteiger partial charge in [0.15, 0.2) is 5.82 Å². The lowest BCUT2D eigenvalue weighted by molar-refractivity contribution is 0.942. The van der Waals surface area contributed by atoms with Crippen molar-refractivity contribution in [3.8, 4) is 11.4 Å². The summed E-state index contributed by atoms with van der Waals surface area (Å²) >= 11 is 0. The van der Waals surface area contributed by atoms with Gasteiger partial charge in [-0.2, -0.15) is 0 Å². The molecule has 2 heterocycles. The molecule has 0 bridgehead atoms. The van der Waals surface area contributed by atoms with Crippen LogP contribution < -0.4 is 10.3 Å². The number of anilines is 2. The molecule has 0 atom stereocenters. The molecule has 1 aliphatic heterocycles. The van der Waals surface area contributed by atoms with E-state index >= 15 is 0 Å². The van der Waals surface area contributed by atoms with Crippen LogP contribution in [0.5, 0.6) is 0 Å². The molecule has 1 N–H and O–H groups in total. The Balaban J connectivity index is 1.74. The van der Waals surface area contributed by atoms with E-state index in [2.05, 4.69) is 51.7 Å². The van der Waals surface area contributed by atoms with E-state index in [1.807, 2.05) is 35.0 Å². The van der Waals surface area contributed by atoms with Crippen LogP contribution in [0.1, 0.15) is 5.56 Å². The molecule has 5 nitrogen and oxygen atoms in total. The van der Waals surface area contributed by atoms with Crippen molar-refractivity contribution in [1.29, 1.82) is 0 Å². The summed E-state index contributed by atoms with van der Waals surface area (Å²) in [5.41, 5.74) is 6.74. The Labute approximate surface area is 122 Å². The van der Waals surface area contributed by atoms with Crippen molar-refractivity contribution >= 4 is 11.6 Å². The van der Waals surface area contributed by atoms with E-state index in [1.54, 1.807) is 0 Å². The summed E-state index contributed by atoms with van der Waals surface area (Å²) in [6.45, 7) is 2.77. The molecule has 1 aliphatic rings. The number of aryl methyl sites for hydroxylation is 1. The standard InChI is InChI=1S/C16H15N5/c1-12-7-9-14(10-8-12)20-11-17-21-15(18-19-16(20)21)13-5-3-2-4-6-13/h2-10,17H,11H2,1H3. The normalized spacial score (nSPS) is 13.1. The fourth-order valence-corrected chi connectivity index (χ4v) is 2.51. The molecular weight excluding hydrogens is 262 g/mol. The molecule has 0 fully saturated rings. The maximum Gasteiger partial charge on any atom is 0.252 e. The van der Waals surface area contributed by atoms with E-state index in [0.29, 0.717) is 6.67 Å². The summed E-state index contributed by atoms with van der Waals surface area (Å²) in [5, 5.41) is 8.64. The maximum atomic E-state index is 4.33. The molecule has 0 saturated heterocycles. The molecular formula is C16H15N5. The molecule has 21 heavy (non-hydrogen) atoms. The molecule has 104 valence electrons. The van der Waals surface area contributed by atoms with E-state index in [9.17, 15) is 0 Å². The fraction of sp³-hybridized carbons (Fsp3) is 0.125. The van der Waals surface area contributed by atoms with Crippen molar-refractivity contribution in [2.75, 3.05) is 17.0 Å². The zero-order chi connectivity index (χ0) is 14.2. The van der Waals surface area contributed by atoms with Crippen LogP contribution >= 0.6 is 0 Å². The predicted octanol–water partition coefficient (Wildman–Crippen LogP) is 2.91. The topological polar surface area (TPSA) is 46.0 Å². The minimum absolute atomic E-state index is 0.688. The van der Waals surface area contributed by atoms with E-state index in [0.717, 1.165) is 23.0 Å². The maximum absolute atomic E-state index is 4.33. The summed E-state index contributed by atoms with van der Waals surface area (Å²) in [6, 6.07) is 18.5. The molecule has 5 heteroatoms. The van der Waals surface area contributed by atoms with Crippen LogP contribution in [-0.4, -0.2) is 21.5 Å². The average Bonchev–Trinajstić information content (AvgIpc) is 3.11. The summed E-state index contributed by atoms with van der Waals surface area (Å²) in [6.07, 6.45) is 0. The van der Waals surface area contributed by atoms with Crippen LogP contribution in [0.4, 0.5) is 11.6 Å². The van der Waals surface area contributed by atoms with Gasteiger partial charge in [0.25, 0.3) is 5.95 Å². The summed E-state index contributed by atoms with van der Waals surface area (Å²) in [5.74, 6) is 1.65. The van der Waals surface area contributed by atoms with Gasteiger partial charge in [-0.1, -0.05) is 48.0 Å². The Morgan fingerprint density at radius 2 is 1.71 bits per heavy atom. The average molecular weight is 277 g/mol. The number of rotatable bonds is 2. The molecule has 3 aromatic rings. The Morgan fingerprint density at radius 3 is 2.48 bits per heavy atom. The number of nitrogens with one attached hydrogen (secondary N) is 1. The zero-order valence-electron chi connectivity index (χ0n) is 11.7. The predicted molar refractivity (Wildman–Crippen MR) is 83.0 cm³/mol. The smallest absolute Gasteiger partial charge is 0.252 e. The molecule has 0 unspecified atom stereocenters. The van der Waals surface area contributed by atoms with Crippen LogP contribution in [0, 0.1) is 6.92 Å². The Bertz CT molecular complexity index is 761. The first-order chi connectivity index (χ1) is 10.3. The molecule has 0 aliphatic carbocycles. The highest BCUT2D eigenvalue weighted by molar-refractivity contribution is 5.65. The van der Waals surface area contributed by atoms with E-state index in [-0.39, 0.29) is 0 Å². The van der Waals surface area contributed by atoms with Crippen LogP contribution in [0.25, 0.3) is 11.4 Å². The van der Waals surface area contributed by atoms with E-state index in [1.165, 1.54) is 5.56 Å². The third-order valence-electron chi connectivity index (χ3n) is 3.65. The number of hydrogen-bond donors (Lipinski definition) is 1. The molecule has 4 rings (SSSR count). The van der Waals surface area contributed by atoms with Crippen LogP contribution in [0.3, 0.4) is 0 Å². The number of aromatic nitrogens is 3. The first kappa shape index (κ1) is 12.0. The van der Waals surface area contributed by atoms with Gasteiger partial charge in [0.2, 0.25) is 0 Å². The van der Waals surface area contributed by atoms with Gasteiger partial charge in [-0.15, -0.1) is 10.2 Å². The van der Waals surface area contributed by atoms with Gasteiger partial charge >= 0.3 is 0 Å². The number of hydrogen-bond acceptors (Lipinski definition) is 4. The van der Waals surface area contributed by atoms with Gasteiger partial charge in [-0.05, 0) is 19.1 Å². The third kappa shape index (κ3) is 1.94. The SMILES string of the molecule is Cc1ccc(N2CNn3c(-c4ccccc4)nnc32)cc1. The first-order valence-corrected chi connectivity index (χ1v) is 6.92. The number of fused-ring (bicyclic) bond motifs is 1. The molecule has 0 saturated carbocycles. The monoisotopic (exact) mass is 277 g/mol. The zero-order valence-corrected chi connectivity index (χ0v) is 11.7. The lowest BCUT2D eigenvalue weighted by Gasteiger charge is -2.14. The lowest BCUT2D eigenvalue weighted by Crippen LogP contribution is -2.18. The van der Waals surface area contributed by atoms with Crippen LogP contribution in [-0.2, 0) is 0 Å². The lowest BCUT2D eigenvalue weighted by atomic mass is 10.2. The molecule has 0 amide bonds. The van der Waals surface area contributed by atoms with Gasteiger partial charge in [-0.3, -0.25) is 4.90 Å². The van der Waals surface area contributed by atoms with Crippen molar-refractivity contribution < 1.29 is 0 Å². The Hall–Kier alpha value is -2.82. The van der Waals surface area contributed by atoms with Crippen LogP contribution in [0.2, 0.25) is 0 Å². The highest BCUT2D eigenvalue weighted by Crippen LogP contribution is 2.30. The molecule has 0 radical (unpaired) electrons. The fourth-order valence-electron chi connectivity index (χ4n) is 2.51. The highest BCUT2D eigenvalue weighted by atomic mass is 15.6. The van der Waals surface area contributed by atoms with E-state index in [4.69, 9.17) is 0 Å². The second-order valence-electron chi connectivity index (χ2n) is 5.10. The summed E-state index contributed by atoms with van der Waals surface area (Å²) in [7, 11) is 0. The van der Waals surface area contributed by atoms with Gasteiger partial charge in [-0.25, -0.2) is 4.68 Å². The summed E-state index contributed by atoms with van der Waals surface area (Å²) < 4.78 is 1.94. The molecule has 2 aromatic carbocycles. The van der Waals surface area contributed by atoms with Crippen molar-refractivity contribution in [3.05, 3.63) is 60.2 Å². The molecule has 0 spiro atoms. The Morgan fingerprint density at radius 1 is 0.952 bits per heavy atom. The first-order valence-electron chi connectivity index (χ1n) is 6.92. The van der Waals surface area contributed by atoms with Crippen molar-refractivity contribution in [3.63, 3.8) is 0 Å². The van der Waals surface area contributed by atoms with Crippen LogP contribution in [0.15, 0.2) is 54.6 Å². The molecule has 1 aromatic heterocycles. The number of nitrogens with zero attached hydrogens (tertiary/aromatic N) is 4. The van der Waals surface area contributed by atoms with Crippen molar-refractivity contribution in [2.45, 2.75) is 6.92 Å². The van der Waals surface area contributed by atoms with E-state index < -0.39 is 0 Å². The van der Waals surface area contributed by atoms with Gasteiger partial charge in [0.1, 0.15) is 6.67 Å². The number of benzene rings is 2. The van der Waals surface area contributed by atoms with Gasteiger partial charge in [0.05, 0.1) is 0 Å². The minimum atomic E-state index is 0.688.